The van der Waals surface area contributed by atoms with Gasteiger partial charge < -0.3 is 9.73 Å². The maximum absolute atomic E-state index is 13.2. The Morgan fingerprint density at radius 1 is 1.06 bits per heavy atom. The number of rotatable bonds is 6. The first-order chi connectivity index (χ1) is 17.0. The molecule has 35 heavy (non-hydrogen) atoms. The number of carbonyl (C=O) groups excluding carboxylic acids is 2. The number of hydrogen-bond donors (Lipinski definition) is 2. The smallest absolute Gasteiger partial charge is 0.321 e. The molecule has 0 saturated heterocycles. The molecule has 2 N–H and O–H groups in total. The van der Waals surface area contributed by atoms with Crippen LogP contribution in [0.4, 0.5) is 4.79 Å². The van der Waals surface area contributed by atoms with E-state index in [9.17, 15) is 14.4 Å². The molecule has 2 aromatic heterocycles. The van der Waals surface area contributed by atoms with E-state index in [1.54, 1.807) is 36.6 Å². The number of urea groups is 1. The van der Waals surface area contributed by atoms with Crippen LogP contribution in [-0.2, 0) is 11.3 Å². The van der Waals surface area contributed by atoms with Gasteiger partial charge in [0.05, 0.1) is 29.5 Å². The predicted octanol–water partition coefficient (Wildman–Crippen LogP) is 3.92. The van der Waals surface area contributed by atoms with Crippen molar-refractivity contribution in [3.63, 3.8) is 0 Å². The van der Waals surface area contributed by atoms with Crippen molar-refractivity contribution in [2.24, 2.45) is 17.8 Å². The highest BCUT2D eigenvalue weighted by atomic mass is 32.2. The topological polar surface area (TPSA) is 106 Å². The first-order valence-corrected chi connectivity index (χ1v) is 13.2. The zero-order valence-electron chi connectivity index (χ0n) is 19.4. The van der Waals surface area contributed by atoms with E-state index in [1.165, 1.54) is 23.8 Å². The van der Waals surface area contributed by atoms with Crippen LogP contribution in [0.3, 0.4) is 0 Å². The molecular weight excluding hydrogens is 464 g/mol. The Morgan fingerprint density at radius 2 is 1.77 bits per heavy atom. The average molecular weight is 493 g/mol. The minimum Gasteiger partial charge on any atom is -0.467 e. The summed E-state index contributed by atoms with van der Waals surface area (Å²) >= 11 is 1.14. The molecule has 4 saturated carbocycles. The molecule has 7 rings (SSSR count). The number of nitrogens with zero attached hydrogens (tertiary/aromatic N) is 2. The van der Waals surface area contributed by atoms with Gasteiger partial charge in [-0.1, -0.05) is 23.9 Å². The van der Waals surface area contributed by atoms with E-state index in [-0.39, 0.29) is 23.4 Å². The standard InChI is InChI=1S/C26H28N4O4S/c31-22(28-24(33)29-26-11-16-8-17(12-26)10-18(9-16)13-26)15-35-25-27-21-6-2-1-5-20(21)23(32)30(25)14-19-4-3-7-34-19/h1-7,16-18H,8-15H2,(H2,28,29,31,33). The van der Waals surface area contributed by atoms with Gasteiger partial charge in [0.25, 0.3) is 5.56 Å². The van der Waals surface area contributed by atoms with Crippen LogP contribution < -0.4 is 16.2 Å². The number of furan rings is 1. The second-order valence-electron chi connectivity index (χ2n) is 10.4. The van der Waals surface area contributed by atoms with E-state index in [2.05, 4.69) is 15.6 Å². The Hall–Kier alpha value is -3.07. The largest absolute Gasteiger partial charge is 0.467 e. The van der Waals surface area contributed by atoms with Gasteiger partial charge in [0.1, 0.15) is 5.76 Å². The highest BCUT2D eigenvalue weighted by molar-refractivity contribution is 7.99. The maximum atomic E-state index is 13.2. The Labute approximate surface area is 206 Å². The first kappa shape index (κ1) is 22.4. The van der Waals surface area contributed by atoms with Crippen LogP contribution in [-0.4, -0.2) is 32.8 Å². The van der Waals surface area contributed by atoms with Crippen LogP contribution in [0.25, 0.3) is 10.9 Å². The van der Waals surface area contributed by atoms with E-state index >= 15 is 0 Å². The summed E-state index contributed by atoms with van der Waals surface area (Å²) in [5.74, 6) is 2.29. The van der Waals surface area contributed by atoms with Gasteiger partial charge in [0, 0.05) is 5.54 Å². The van der Waals surface area contributed by atoms with Crippen molar-refractivity contribution in [3.8, 4) is 0 Å². The third-order valence-corrected chi connectivity index (χ3v) is 8.70. The second kappa shape index (κ2) is 8.86. The average Bonchev–Trinajstić information content (AvgIpc) is 3.32. The molecule has 4 aliphatic carbocycles. The van der Waals surface area contributed by atoms with Crippen LogP contribution in [0.2, 0.25) is 0 Å². The number of thioether (sulfide) groups is 1. The number of para-hydroxylation sites is 1. The molecule has 4 fully saturated rings. The molecule has 0 aliphatic heterocycles. The van der Waals surface area contributed by atoms with Crippen molar-refractivity contribution in [3.05, 3.63) is 58.8 Å². The van der Waals surface area contributed by atoms with Gasteiger partial charge in [-0.3, -0.25) is 19.5 Å². The van der Waals surface area contributed by atoms with Gasteiger partial charge >= 0.3 is 6.03 Å². The lowest BCUT2D eigenvalue weighted by molar-refractivity contribution is -0.117. The maximum Gasteiger partial charge on any atom is 0.321 e. The van der Waals surface area contributed by atoms with Gasteiger partial charge in [-0.25, -0.2) is 9.78 Å². The van der Waals surface area contributed by atoms with Crippen LogP contribution >= 0.6 is 11.8 Å². The van der Waals surface area contributed by atoms with Crippen molar-refractivity contribution < 1.29 is 14.0 Å². The Morgan fingerprint density at radius 3 is 2.46 bits per heavy atom. The summed E-state index contributed by atoms with van der Waals surface area (Å²) < 4.78 is 6.93. The summed E-state index contributed by atoms with van der Waals surface area (Å²) in [7, 11) is 0. The van der Waals surface area contributed by atoms with Gasteiger partial charge in [-0.05, 0) is 80.5 Å². The van der Waals surface area contributed by atoms with Gasteiger partial charge in [-0.15, -0.1) is 0 Å². The third kappa shape index (κ3) is 4.49. The molecule has 9 heteroatoms. The van der Waals surface area contributed by atoms with Crippen LogP contribution in [0.5, 0.6) is 0 Å². The van der Waals surface area contributed by atoms with Gasteiger partial charge in [0.15, 0.2) is 5.16 Å². The molecule has 0 unspecified atom stereocenters. The zero-order valence-corrected chi connectivity index (χ0v) is 20.2. The molecule has 0 atom stereocenters. The van der Waals surface area contributed by atoms with Crippen LogP contribution in [0, 0.1) is 17.8 Å². The number of imide groups is 1. The minimum absolute atomic E-state index is 0.0305. The fourth-order valence-corrected chi connectivity index (χ4v) is 7.58. The molecule has 0 radical (unpaired) electrons. The van der Waals surface area contributed by atoms with Crippen molar-refractivity contribution in [1.29, 1.82) is 0 Å². The molecule has 1 aromatic carbocycles. The monoisotopic (exact) mass is 492 g/mol. The third-order valence-electron chi connectivity index (χ3n) is 7.72. The number of carbonyl (C=O) groups is 2. The first-order valence-electron chi connectivity index (χ1n) is 12.2. The normalized spacial score (nSPS) is 26.7. The highest BCUT2D eigenvalue weighted by Gasteiger charge is 2.51. The Bertz CT molecular complexity index is 1300. The van der Waals surface area contributed by atoms with E-state index < -0.39 is 11.9 Å². The van der Waals surface area contributed by atoms with Crippen molar-refractivity contribution in [1.82, 2.24) is 20.2 Å². The summed E-state index contributed by atoms with van der Waals surface area (Å²) in [6.45, 7) is 0.208. The Balaban J connectivity index is 1.14. The van der Waals surface area contributed by atoms with Crippen molar-refractivity contribution >= 4 is 34.6 Å². The number of hydrogen-bond acceptors (Lipinski definition) is 6. The molecule has 2 heterocycles. The molecule has 4 bridgehead atoms. The number of benzene rings is 1. The number of aromatic nitrogens is 2. The fourth-order valence-electron chi connectivity index (χ4n) is 6.78. The van der Waals surface area contributed by atoms with E-state index in [0.29, 0.717) is 39.6 Å². The zero-order chi connectivity index (χ0) is 24.0. The molecule has 182 valence electrons. The minimum atomic E-state index is -0.419. The second-order valence-corrected chi connectivity index (χ2v) is 11.3. The quantitative estimate of drug-likeness (QED) is 0.399. The lowest BCUT2D eigenvalue weighted by Gasteiger charge is -2.56. The summed E-state index contributed by atoms with van der Waals surface area (Å²) in [6, 6.07) is 10.3. The predicted molar refractivity (Wildman–Crippen MR) is 132 cm³/mol. The molecule has 3 amide bonds. The van der Waals surface area contributed by atoms with E-state index in [1.807, 2.05) is 6.07 Å². The van der Waals surface area contributed by atoms with Crippen LogP contribution in [0.1, 0.15) is 44.3 Å². The molecule has 8 nitrogen and oxygen atoms in total. The highest BCUT2D eigenvalue weighted by Crippen LogP contribution is 2.55. The number of fused-ring (bicyclic) bond motifs is 1. The lowest BCUT2D eigenvalue weighted by atomic mass is 9.53. The van der Waals surface area contributed by atoms with E-state index in [4.69, 9.17) is 4.42 Å². The Kier molecular flexibility index (Phi) is 5.67. The molecule has 3 aromatic rings. The molecule has 0 spiro atoms. The van der Waals surface area contributed by atoms with Gasteiger partial charge in [0.2, 0.25) is 5.91 Å². The number of amides is 3. The fraction of sp³-hybridized carbons (Fsp3) is 0.462. The SMILES string of the molecule is O=C(CSc1nc2ccccc2c(=O)n1Cc1ccco1)NC(=O)NC12CC3CC(CC(C3)C1)C2. The number of nitrogens with one attached hydrogen (secondary N) is 2. The van der Waals surface area contributed by atoms with Gasteiger partial charge in [-0.2, -0.15) is 0 Å². The van der Waals surface area contributed by atoms with Crippen LogP contribution in [0.15, 0.2) is 57.0 Å². The molecular formula is C26H28N4O4S. The summed E-state index contributed by atoms with van der Waals surface area (Å²) in [4.78, 5) is 43.2. The summed E-state index contributed by atoms with van der Waals surface area (Å²) in [5, 5.41) is 6.57. The summed E-state index contributed by atoms with van der Waals surface area (Å²) in [6.07, 6.45) is 8.49. The van der Waals surface area contributed by atoms with E-state index in [0.717, 1.165) is 31.0 Å². The summed E-state index contributed by atoms with van der Waals surface area (Å²) in [5.41, 5.74) is 0.209. The van der Waals surface area contributed by atoms with Crippen molar-refractivity contribution in [2.45, 2.75) is 55.8 Å². The molecule has 4 aliphatic rings. The lowest BCUT2D eigenvalue weighted by Crippen LogP contribution is -2.61. The van der Waals surface area contributed by atoms with Crippen molar-refractivity contribution in [2.75, 3.05) is 5.75 Å².